The third kappa shape index (κ3) is 4.51. The molecule has 0 spiro atoms. The average molecular weight is 278 g/mol. The van der Waals surface area contributed by atoms with Crippen molar-refractivity contribution in [3.05, 3.63) is 23.8 Å². The molecule has 0 amide bonds. The second kappa shape index (κ2) is 6.61. The SMILES string of the molecule is CCN1CCOC(c2nccc(CNC(C)(C)C)n2)C1. The first-order chi connectivity index (χ1) is 9.48. The van der Waals surface area contributed by atoms with E-state index in [1.165, 1.54) is 0 Å². The summed E-state index contributed by atoms with van der Waals surface area (Å²) in [6.45, 7) is 13.1. The van der Waals surface area contributed by atoms with Crippen molar-refractivity contribution in [2.24, 2.45) is 0 Å². The summed E-state index contributed by atoms with van der Waals surface area (Å²) in [6.07, 6.45) is 1.83. The monoisotopic (exact) mass is 278 g/mol. The molecule has 20 heavy (non-hydrogen) atoms. The largest absolute Gasteiger partial charge is 0.368 e. The van der Waals surface area contributed by atoms with E-state index in [1.54, 1.807) is 0 Å². The lowest BCUT2D eigenvalue weighted by Gasteiger charge is -2.31. The Morgan fingerprint density at radius 3 is 2.95 bits per heavy atom. The average Bonchev–Trinajstić information content (AvgIpc) is 2.45. The Labute approximate surface area is 121 Å². The molecule has 0 aromatic carbocycles. The molecular formula is C15H26N4O. The standard InChI is InChI=1S/C15H26N4O/c1-5-19-8-9-20-13(11-19)14-16-7-6-12(18-14)10-17-15(2,3)4/h6-7,13,17H,5,8-11H2,1-4H3. The molecule has 1 N–H and O–H groups in total. The Balaban J connectivity index is 2.01. The van der Waals surface area contributed by atoms with Crippen molar-refractivity contribution in [1.29, 1.82) is 0 Å². The summed E-state index contributed by atoms with van der Waals surface area (Å²) in [5.41, 5.74) is 1.10. The molecule has 0 bridgehead atoms. The summed E-state index contributed by atoms with van der Waals surface area (Å²) < 4.78 is 5.81. The van der Waals surface area contributed by atoms with E-state index in [-0.39, 0.29) is 11.6 Å². The molecular weight excluding hydrogens is 252 g/mol. The third-order valence-electron chi connectivity index (χ3n) is 3.42. The molecule has 2 heterocycles. The van der Waals surface area contributed by atoms with Gasteiger partial charge >= 0.3 is 0 Å². The molecule has 1 saturated heterocycles. The van der Waals surface area contributed by atoms with E-state index in [2.05, 4.69) is 47.9 Å². The van der Waals surface area contributed by atoms with E-state index < -0.39 is 0 Å². The molecule has 112 valence electrons. The summed E-state index contributed by atoms with van der Waals surface area (Å²) in [4.78, 5) is 11.4. The van der Waals surface area contributed by atoms with Gasteiger partial charge in [-0.15, -0.1) is 0 Å². The van der Waals surface area contributed by atoms with Gasteiger partial charge in [0.1, 0.15) is 6.10 Å². The van der Waals surface area contributed by atoms with Crippen LogP contribution in [0.3, 0.4) is 0 Å². The molecule has 1 unspecified atom stereocenters. The smallest absolute Gasteiger partial charge is 0.158 e. The maximum Gasteiger partial charge on any atom is 0.158 e. The van der Waals surface area contributed by atoms with Gasteiger partial charge in [0.15, 0.2) is 5.82 Å². The molecule has 1 fully saturated rings. The number of likely N-dealkylation sites (N-methyl/N-ethyl adjacent to an activating group) is 1. The quantitative estimate of drug-likeness (QED) is 0.909. The molecule has 5 heteroatoms. The molecule has 1 aromatic heterocycles. The highest BCUT2D eigenvalue weighted by Crippen LogP contribution is 2.18. The molecule has 1 aliphatic rings. The Hall–Kier alpha value is -1.04. The van der Waals surface area contributed by atoms with Gasteiger partial charge in [-0.25, -0.2) is 9.97 Å². The summed E-state index contributed by atoms with van der Waals surface area (Å²) in [5, 5.41) is 3.45. The topological polar surface area (TPSA) is 50.3 Å². The molecule has 0 saturated carbocycles. The number of hydrogen-bond acceptors (Lipinski definition) is 5. The van der Waals surface area contributed by atoms with Gasteiger partial charge in [0, 0.05) is 31.4 Å². The van der Waals surface area contributed by atoms with Gasteiger partial charge in [-0.1, -0.05) is 6.92 Å². The van der Waals surface area contributed by atoms with Crippen molar-refractivity contribution in [3.63, 3.8) is 0 Å². The normalized spacial score (nSPS) is 21.1. The van der Waals surface area contributed by atoms with Crippen LogP contribution in [0.4, 0.5) is 0 Å². The molecule has 0 aliphatic carbocycles. The van der Waals surface area contributed by atoms with Crippen molar-refractivity contribution in [3.8, 4) is 0 Å². The molecule has 1 aromatic rings. The van der Waals surface area contributed by atoms with E-state index in [9.17, 15) is 0 Å². The van der Waals surface area contributed by atoms with Crippen LogP contribution in [0.25, 0.3) is 0 Å². The molecule has 0 radical (unpaired) electrons. The van der Waals surface area contributed by atoms with Crippen LogP contribution in [0.15, 0.2) is 12.3 Å². The number of rotatable bonds is 4. The summed E-state index contributed by atoms with van der Waals surface area (Å²) >= 11 is 0. The Kier molecular flexibility index (Phi) is 5.07. The van der Waals surface area contributed by atoms with Crippen molar-refractivity contribution < 1.29 is 4.74 Å². The van der Waals surface area contributed by atoms with Crippen LogP contribution >= 0.6 is 0 Å². The first-order valence-corrected chi connectivity index (χ1v) is 7.39. The van der Waals surface area contributed by atoms with Crippen molar-refractivity contribution in [2.75, 3.05) is 26.2 Å². The van der Waals surface area contributed by atoms with Crippen LogP contribution in [0.2, 0.25) is 0 Å². The van der Waals surface area contributed by atoms with E-state index in [0.717, 1.165) is 44.3 Å². The zero-order chi connectivity index (χ0) is 14.6. The van der Waals surface area contributed by atoms with E-state index in [1.807, 2.05) is 12.3 Å². The van der Waals surface area contributed by atoms with Gasteiger partial charge in [-0.05, 0) is 33.4 Å². The highest BCUT2D eigenvalue weighted by Gasteiger charge is 2.23. The first-order valence-electron chi connectivity index (χ1n) is 7.39. The highest BCUT2D eigenvalue weighted by molar-refractivity contribution is 5.05. The van der Waals surface area contributed by atoms with E-state index in [4.69, 9.17) is 4.74 Å². The number of morpholine rings is 1. The van der Waals surface area contributed by atoms with Gasteiger partial charge in [0.2, 0.25) is 0 Å². The number of ether oxygens (including phenoxy) is 1. The minimum Gasteiger partial charge on any atom is -0.368 e. The number of nitrogens with one attached hydrogen (secondary N) is 1. The van der Waals surface area contributed by atoms with E-state index in [0.29, 0.717) is 0 Å². The highest BCUT2D eigenvalue weighted by atomic mass is 16.5. The van der Waals surface area contributed by atoms with Crippen LogP contribution < -0.4 is 5.32 Å². The molecule has 2 rings (SSSR count). The summed E-state index contributed by atoms with van der Waals surface area (Å²) in [7, 11) is 0. The van der Waals surface area contributed by atoms with Crippen molar-refractivity contribution >= 4 is 0 Å². The fourth-order valence-corrected chi connectivity index (χ4v) is 2.17. The number of aromatic nitrogens is 2. The van der Waals surface area contributed by atoms with Crippen molar-refractivity contribution in [1.82, 2.24) is 20.2 Å². The minimum absolute atomic E-state index is 0.00159. The summed E-state index contributed by atoms with van der Waals surface area (Å²) in [6, 6.07) is 1.96. The molecule has 1 aliphatic heterocycles. The van der Waals surface area contributed by atoms with Gasteiger partial charge in [-0.2, -0.15) is 0 Å². The van der Waals surface area contributed by atoms with Crippen LogP contribution in [0.5, 0.6) is 0 Å². The maximum absolute atomic E-state index is 5.81. The lowest BCUT2D eigenvalue weighted by Crippen LogP contribution is -2.39. The fraction of sp³-hybridized carbons (Fsp3) is 0.733. The lowest BCUT2D eigenvalue weighted by atomic mass is 10.1. The van der Waals surface area contributed by atoms with Gasteiger partial charge in [0.25, 0.3) is 0 Å². The van der Waals surface area contributed by atoms with Crippen molar-refractivity contribution in [2.45, 2.75) is 45.9 Å². The van der Waals surface area contributed by atoms with Gasteiger partial charge in [-0.3, -0.25) is 4.90 Å². The minimum atomic E-state index is -0.00159. The Morgan fingerprint density at radius 2 is 2.25 bits per heavy atom. The third-order valence-corrected chi connectivity index (χ3v) is 3.42. The predicted molar refractivity (Wildman–Crippen MR) is 79.4 cm³/mol. The molecule has 5 nitrogen and oxygen atoms in total. The molecule has 1 atom stereocenters. The van der Waals surface area contributed by atoms with Crippen LogP contribution in [0, 0.1) is 0 Å². The second-order valence-corrected chi connectivity index (χ2v) is 6.26. The van der Waals surface area contributed by atoms with Gasteiger partial charge in [0.05, 0.1) is 12.3 Å². The Morgan fingerprint density at radius 1 is 1.45 bits per heavy atom. The predicted octanol–water partition coefficient (Wildman–Crippen LogP) is 1.76. The lowest BCUT2D eigenvalue weighted by molar-refractivity contribution is -0.0326. The summed E-state index contributed by atoms with van der Waals surface area (Å²) in [5.74, 6) is 0.802. The zero-order valence-electron chi connectivity index (χ0n) is 13.0. The van der Waals surface area contributed by atoms with Crippen LogP contribution in [0.1, 0.15) is 45.3 Å². The zero-order valence-corrected chi connectivity index (χ0v) is 13.0. The van der Waals surface area contributed by atoms with E-state index >= 15 is 0 Å². The van der Waals surface area contributed by atoms with Gasteiger partial charge < -0.3 is 10.1 Å². The maximum atomic E-state index is 5.81. The Bertz CT molecular complexity index is 430. The number of hydrogen-bond donors (Lipinski definition) is 1. The fourth-order valence-electron chi connectivity index (χ4n) is 2.17. The number of nitrogens with zero attached hydrogens (tertiary/aromatic N) is 3. The second-order valence-electron chi connectivity index (χ2n) is 6.26. The first kappa shape index (κ1) is 15.4. The van der Waals surface area contributed by atoms with Crippen LogP contribution in [-0.2, 0) is 11.3 Å². The van der Waals surface area contributed by atoms with Crippen LogP contribution in [-0.4, -0.2) is 46.6 Å².